The summed E-state index contributed by atoms with van der Waals surface area (Å²) in [6.45, 7) is 5.64. The molecule has 18 heavy (non-hydrogen) atoms. The second-order valence-corrected chi connectivity index (χ2v) is 5.24. The highest BCUT2D eigenvalue weighted by atomic mass is 16.5. The number of amides is 1. The standard InChI is InChI=1S/C14H20N2O2/c1-14(2)10-16(13(17)8-9-15-14)11-4-6-12(18-3)7-5-11/h4-7,15H,8-10H2,1-3H3. The summed E-state index contributed by atoms with van der Waals surface area (Å²) >= 11 is 0. The van der Waals surface area contributed by atoms with E-state index in [4.69, 9.17) is 4.74 Å². The number of hydrogen-bond acceptors (Lipinski definition) is 3. The Kier molecular flexibility index (Phi) is 3.57. The highest BCUT2D eigenvalue weighted by Crippen LogP contribution is 2.23. The summed E-state index contributed by atoms with van der Waals surface area (Å²) in [4.78, 5) is 14.0. The zero-order valence-electron chi connectivity index (χ0n) is 11.2. The van der Waals surface area contributed by atoms with Gasteiger partial charge in [0.25, 0.3) is 0 Å². The molecule has 1 aromatic carbocycles. The molecule has 0 spiro atoms. The Morgan fingerprint density at radius 3 is 2.56 bits per heavy atom. The summed E-state index contributed by atoms with van der Waals surface area (Å²) < 4.78 is 5.13. The highest BCUT2D eigenvalue weighted by molar-refractivity contribution is 5.94. The zero-order valence-corrected chi connectivity index (χ0v) is 11.2. The molecular formula is C14H20N2O2. The Hall–Kier alpha value is -1.55. The van der Waals surface area contributed by atoms with E-state index in [0.717, 1.165) is 18.0 Å². The SMILES string of the molecule is COc1ccc(N2CC(C)(C)NCCC2=O)cc1. The number of methoxy groups -OCH3 is 1. The highest BCUT2D eigenvalue weighted by Gasteiger charge is 2.28. The van der Waals surface area contributed by atoms with Gasteiger partial charge in [0, 0.05) is 30.7 Å². The van der Waals surface area contributed by atoms with Crippen molar-refractivity contribution in [2.75, 3.05) is 25.1 Å². The lowest BCUT2D eigenvalue weighted by atomic mass is 10.1. The molecule has 0 unspecified atom stereocenters. The van der Waals surface area contributed by atoms with Crippen molar-refractivity contribution in [1.82, 2.24) is 5.32 Å². The molecule has 0 radical (unpaired) electrons. The number of benzene rings is 1. The Morgan fingerprint density at radius 1 is 1.28 bits per heavy atom. The van der Waals surface area contributed by atoms with E-state index in [2.05, 4.69) is 19.2 Å². The van der Waals surface area contributed by atoms with Gasteiger partial charge in [-0.25, -0.2) is 0 Å². The maximum atomic E-state index is 12.1. The first-order chi connectivity index (χ1) is 8.52. The van der Waals surface area contributed by atoms with Crippen LogP contribution in [-0.2, 0) is 4.79 Å². The lowest BCUT2D eigenvalue weighted by Gasteiger charge is -2.30. The van der Waals surface area contributed by atoms with Gasteiger partial charge in [0.05, 0.1) is 7.11 Å². The summed E-state index contributed by atoms with van der Waals surface area (Å²) in [6, 6.07) is 7.62. The predicted octanol–water partition coefficient (Wildman–Crippen LogP) is 1.80. The molecule has 0 aromatic heterocycles. The molecule has 0 bridgehead atoms. The third-order valence-corrected chi connectivity index (χ3v) is 3.18. The van der Waals surface area contributed by atoms with Gasteiger partial charge >= 0.3 is 0 Å². The lowest BCUT2D eigenvalue weighted by molar-refractivity contribution is -0.118. The van der Waals surface area contributed by atoms with Crippen LogP contribution in [0.15, 0.2) is 24.3 Å². The summed E-state index contributed by atoms with van der Waals surface area (Å²) in [5.74, 6) is 0.969. The van der Waals surface area contributed by atoms with Crippen molar-refractivity contribution in [2.45, 2.75) is 25.8 Å². The Balaban J connectivity index is 2.25. The number of hydrogen-bond donors (Lipinski definition) is 1. The van der Waals surface area contributed by atoms with Crippen LogP contribution in [-0.4, -0.2) is 31.6 Å². The third kappa shape index (κ3) is 2.82. The van der Waals surface area contributed by atoms with Gasteiger partial charge in [-0.2, -0.15) is 0 Å². The van der Waals surface area contributed by atoms with Crippen LogP contribution in [0.25, 0.3) is 0 Å². The maximum absolute atomic E-state index is 12.1. The molecule has 1 fully saturated rings. The van der Waals surface area contributed by atoms with E-state index in [1.807, 2.05) is 29.2 Å². The average Bonchev–Trinajstić information content (AvgIpc) is 2.48. The molecule has 0 aliphatic carbocycles. The fraction of sp³-hybridized carbons (Fsp3) is 0.500. The van der Waals surface area contributed by atoms with Gasteiger partial charge in [0.2, 0.25) is 5.91 Å². The predicted molar refractivity (Wildman–Crippen MR) is 72.0 cm³/mol. The number of nitrogens with zero attached hydrogens (tertiary/aromatic N) is 1. The van der Waals surface area contributed by atoms with Gasteiger partial charge in [0.1, 0.15) is 5.75 Å². The summed E-state index contributed by atoms with van der Waals surface area (Å²) in [5, 5.41) is 3.39. The quantitative estimate of drug-likeness (QED) is 0.867. The molecule has 2 rings (SSSR count). The fourth-order valence-corrected chi connectivity index (χ4v) is 2.18. The average molecular weight is 248 g/mol. The van der Waals surface area contributed by atoms with Crippen LogP contribution in [0.5, 0.6) is 5.75 Å². The van der Waals surface area contributed by atoms with Crippen LogP contribution in [0.3, 0.4) is 0 Å². The molecule has 1 saturated heterocycles. The van der Waals surface area contributed by atoms with E-state index >= 15 is 0 Å². The van der Waals surface area contributed by atoms with E-state index in [-0.39, 0.29) is 11.4 Å². The Labute approximate surface area is 108 Å². The summed E-state index contributed by atoms with van der Waals surface area (Å²) in [5.41, 5.74) is 0.865. The van der Waals surface area contributed by atoms with Crippen LogP contribution >= 0.6 is 0 Å². The minimum absolute atomic E-state index is 0.0634. The lowest BCUT2D eigenvalue weighted by Crippen LogP contribution is -2.47. The van der Waals surface area contributed by atoms with Crippen LogP contribution < -0.4 is 15.0 Å². The van der Waals surface area contributed by atoms with Gasteiger partial charge in [-0.05, 0) is 38.1 Å². The molecule has 1 heterocycles. The van der Waals surface area contributed by atoms with Crippen molar-refractivity contribution < 1.29 is 9.53 Å². The smallest absolute Gasteiger partial charge is 0.228 e. The molecule has 1 N–H and O–H groups in total. The molecule has 1 amide bonds. The topological polar surface area (TPSA) is 41.6 Å². The fourth-order valence-electron chi connectivity index (χ4n) is 2.18. The summed E-state index contributed by atoms with van der Waals surface area (Å²) in [6.07, 6.45) is 0.537. The second kappa shape index (κ2) is 4.98. The van der Waals surface area contributed by atoms with Crippen molar-refractivity contribution in [3.63, 3.8) is 0 Å². The van der Waals surface area contributed by atoms with Crippen molar-refractivity contribution in [1.29, 1.82) is 0 Å². The van der Waals surface area contributed by atoms with Crippen LogP contribution in [0.4, 0.5) is 5.69 Å². The number of rotatable bonds is 2. The van der Waals surface area contributed by atoms with Crippen LogP contribution in [0.1, 0.15) is 20.3 Å². The van der Waals surface area contributed by atoms with Crippen molar-refractivity contribution in [3.05, 3.63) is 24.3 Å². The minimum Gasteiger partial charge on any atom is -0.497 e. The monoisotopic (exact) mass is 248 g/mol. The molecule has 0 atom stereocenters. The Bertz CT molecular complexity index is 426. The zero-order chi connectivity index (χ0) is 13.2. The van der Waals surface area contributed by atoms with Crippen molar-refractivity contribution in [3.8, 4) is 5.75 Å². The molecular weight excluding hydrogens is 228 g/mol. The number of anilines is 1. The molecule has 4 nitrogen and oxygen atoms in total. The van der Waals surface area contributed by atoms with Gasteiger partial charge in [0.15, 0.2) is 0 Å². The van der Waals surface area contributed by atoms with E-state index in [1.54, 1.807) is 7.11 Å². The molecule has 1 aromatic rings. The first-order valence-corrected chi connectivity index (χ1v) is 6.21. The van der Waals surface area contributed by atoms with Gasteiger partial charge in [-0.1, -0.05) is 0 Å². The normalized spacial score (nSPS) is 19.5. The van der Waals surface area contributed by atoms with E-state index in [1.165, 1.54) is 0 Å². The summed E-state index contributed by atoms with van der Waals surface area (Å²) in [7, 11) is 1.64. The van der Waals surface area contributed by atoms with Crippen molar-refractivity contribution in [2.24, 2.45) is 0 Å². The molecule has 98 valence electrons. The number of nitrogens with one attached hydrogen (secondary N) is 1. The van der Waals surface area contributed by atoms with E-state index < -0.39 is 0 Å². The first-order valence-electron chi connectivity index (χ1n) is 6.21. The second-order valence-electron chi connectivity index (χ2n) is 5.24. The van der Waals surface area contributed by atoms with Crippen molar-refractivity contribution >= 4 is 11.6 Å². The van der Waals surface area contributed by atoms with Crippen LogP contribution in [0.2, 0.25) is 0 Å². The maximum Gasteiger partial charge on any atom is 0.228 e. The number of carbonyl (C=O) groups excluding carboxylic acids is 1. The molecule has 1 aliphatic rings. The van der Waals surface area contributed by atoms with E-state index in [9.17, 15) is 4.79 Å². The largest absolute Gasteiger partial charge is 0.497 e. The molecule has 0 saturated carbocycles. The van der Waals surface area contributed by atoms with Gasteiger partial charge in [-0.3, -0.25) is 4.79 Å². The third-order valence-electron chi connectivity index (χ3n) is 3.18. The van der Waals surface area contributed by atoms with Gasteiger partial charge in [-0.15, -0.1) is 0 Å². The Morgan fingerprint density at radius 2 is 1.94 bits per heavy atom. The molecule has 1 aliphatic heterocycles. The number of carbonyl (C=O) groups is 1. The van der Waals surface area contributed by atoms with Crippen LogP contribution in [0, 0.1) is 0 Å². The van der Waals surface area contributed by atoms with Gasteiger partial charge < -0.3 is 15.0 Å². The van der Waals surface area contributed by atoms with E-state index in [0.29, 0.717) is 13.0 Å². The molecule has 4 heteroatoms. The first kappa shape index (κ1) is 12.9. The minimum atomic E-state index is -0.0634. The number of ether oxygens (including phenoxy) is 1.